The summed E-state index contributed by atoms with van der Waals surface area (Å²) < 4.78 is 31.4. The number of ether oxygens (including phenoxy) is 1. The summed E-state index contributed by atoms with van der Waals surface area (Å²) in [6.45, 7) is 6.90. The Bertz CT molecular complexity index is 1070. The van der Waals surface area contributed by atoms with Gasteiger partial charge in [-0.2, -0.15) is 0 Å². The van der Waals surface area contributed by atoms with E-state index in [1.807, 2.05) is 31.2 Å². The van der Waals surface area contributed by atoms with Gasteiger partial charge in [-0.05, 0) is 55.5 Å². The molecule has 2 heterocycles. The van der Waals surface area contributed by atoms with Gasteiger partial charge in [0.2, 0.25) is 5.91 Å². The number of sulfone groups is 1. The summed E-state index contributed by atoms with van der Waals surface area (Å²) in [5.74, 6) is 0.473. The Morgan fingerprint density at radius 1 is 1.12 bits per heavy atom. The zero-order chi connectivity index (χ0) is 22.8. The Morgan fingerprint density at radius 3 is 2.50 bits per heavy atom. The van der Waals surface area contributed by atoms with Gasteiger partial charge in [0.05, 0.1) is 18.1 Å². The summed E-state index contributed by atoms with van der Waals surface area (Å²) >= 11 is 0. The second-order valence-corrected chi connectivity index (χ2v) is 11.0. The van der Waals surface area contributed by atoms with Gasteiger partial charge in [0.15, 0.2) is 14.6 Å². The van der Waals surface area contributed by atoms with Crippen molar-refractivity contribution in [3.63, 3.8) is 0 Å². The molecule has 172 valence electrons. The summed E-state index contributed by atoms with van der Waals surface area (Å²) in [5, 5.41) is 2.90. The van der Waals surface area contributed by atoms with Crippen LogP contribution in [-0.2, 0) is 25.9 Å². The van der Waals surface area contributed by atoms with Crippen molar-refractivity contribution in [2.75, 3.05) is 31.2 Å². The Kier molecular flexibility index (Phi) is 6.53. The lowest BCUT2D eigenvalue weighted by Gasteiger charge is -2.29. The number of anilines is 1. The number of amides is 1. The number of aromatic nitrogens is 1. The van der Waals surface area contributed by atoms with Gasteiger partial charge in [-0.25, -0.2) is 13.4 Å². The maximum atomic E-state index is 13.7. The highest BCUT2D eigenvalue weighted by Crippen LogP contribution is 2.41. The number of carbonyl (C=O) groups is 1. The number of rotatable bonds is 6. The second kappa shape index (κ2) is 9.19. The monoisotopic (exact) mass is 457 g/mol. The number of hydrogen-bond donors (Lipinski definition) is 1. The van der Waals surface area contributed by atoms with Crippen LogP contribution < -0.4 is 10.2 Å². The molecule has 1 saturated heterocycles. The van der Waals surface area contributed by atoms with Crippen molar-refractivity contribution in [3.05, 3.63) is 53.2 Å². The molecule has 1 aromatic carbocycles. The van der Waals surface area contributed by atoms with Crippen LogP contribution in [0, 0.1) is 13.8 Å². The molecule has 0 atom stereocenters. The molecule has 2 aliphatic rings. The molecule has 32 heavy (non-hydrogen) atoms. The molecule has 1 amide bonds. The lowest BCUT2D eigenvalue weighted by molar-refractivity contribution is -0.123. The standard InChI is InChI=1S/C24H31N3O4S/c1-18-5-6-19(2)21(15-18)32(29,30)24(9-3-4-10-24)23(28)26-17-20-7-8-22(25-16-20)27-11-13-31-14-12-27/h5-8,15-16H,3-4,9-14,17H2,1-2H3,(H,26,28). The number of nitrogens with one attached hydrogen (secondary N) is 1. The molecule has 2 aromatic rings. The second-order valence-electron chi connectivity index (χ2n) is 8.78. The number of morpholine rings is 1. The number of benzene rings is 1. The van der Waals surface area contributed by atoms with Crippen molar-refractivity contribution >= 4 is 21.6 Å². The van der Waals surface area contributed by atoms with E-state index < -0.39 is 20.5 Å². The maximum Gasteiger partial charge on any atom is 0.242 e. The average Bonchev–Trinajstić information content (AvgIpc) is 3.32. The van der Waals surface area contributed by atoms with Gasteiger partial charge in [0.25, 0.3) is 0 Å². The lowest BCUT2D eigenvalue weighted by atomic mass is 10.1. The van der Waals surface area contributed by atoms with Crippen LogP contribution in [0.2, 0.25) is 0 Å². The van der Waals surface area contributed by atoms with Gasteiger partial charge in [-0.15, -0.1) is 0 Å². The van der Waals surface area contributed by atoms with Crippen LogP contribution in [0.15, 0.2) is 41.4 Å². The third-order valence-corrected chi connectivity index (χ3v) is 9.21. The first-order valence-electron chi connectivity index (χ1n) is 11.2. The van der Waals surface area contributed by atoms with Crippen LogP contribution in [0.5, 0.6) is 0 Å². The molecule has 0 unspecified atom stereocenters. The van der Waals surface area contributed by atoms with Gasteiger partial charge in [0, 0.05) is 25.8 Å². The zero-order valence-corrected chi connectivity index (χ0v) is 19.6. The van der Waals surface area contributed by atoms with Gasteiger partial charge in [-0.1, -0.05) is 31.0 Å². The molecule has 1 aliphatic carbocycles. The number of aryl methyl sites for hydroxylation is 2. The third kappa shape index (κ3) is 4.26. The molecule has 7 nitrogen and oxygen atoms in total. The fourth-order valence-corrected chi connectivity index (χ4v) is 7.01. The van der Waals surface area contributed by atoms with Crippen molar-refractivity contribution in [3.8, 4) is 0 Å². The van der Waals surface area contributed by atoms with Crippen molar-refractivity contribution < 1.29 is 17.9 Å². The summed E-state index contributed by atoms with van der Waals surface area (Å²) in [4.78, 5) is 20.3. The summed E-state index contributed by atoms with van der Waals surface area (Å²) in [7, 11) is -3.82. The van der Waals surface area contributed by atoms with E-state index in [9.17, 15) is 13.2 Å². The van der Waals surface area contributed by atoms with E-state index in [2.05, 4.69) is 15.2 Å². The Labute approximate surface area is 190 Å². The Morgan fingerprint density at radius 2 is 1.84 bits per heavy atom. The fourth-order valence-electron chi connectivity index (χ4n) is 4.62. The highest BCUT2D eigenvalue weighted by molar-refractivity contribution is 7.93. The van der Waals surface area contributed by atoms with E-state index in [-0.39, 0.29) is 11.4 Å². The molecular weight excluding hydrogens is 426 g/mol. The molecular formula is C24H31N3O4S. The molecule has 1 aliphatic heterocycles. The van der Waals surface area contributed by atoms with Gasteiger partial charge < -0.3 is 15.0 Å². The number of pyridine rings is 1. The predicted octanol–water partition coefficient (Wildman–Crippen LogP) is 2.94. The summed E-state index contributed by atoms with van der Waals surface area (Å²) in [6.07, 6.45) is 3.90. The van der Waals surface area contributed by atoms with Crippen molar-refractivity contribution in [1.29, 1.82) is 0 Å². The molecule has 0 radical (unpaired) electrons. The van der Waals surface area contributed by atoms with Crippen molar-refractivity contribution in [2.24, 2.45) is 0 Å². The van der Waals surface area contributed by atoms with Crippen LogP contribution in [0.3, 0.4) is 0 Å². The summed E-state index contributed by atoms with van der Waals surface area (Å²) in [5.41, 5.74) is 2.39. The van der Waals surface area contributed by atoms with Gasteiger partial charge in [0.1, 0.15) is 5.82 Å². The van der Waals surface area contributed by atoms with Gasteiger partial charge >= 0.3 is 0 Å². The number of carbonyl (C=O) groups excluding carboxylic acids is 1. The fraction of sp³-hybridized carbons (Fsp3) is 0.500. The number of nitrogens with zero attached hydrogens (tertiary/aromatic N) is 2. The van der Waals surface area contributed by atoms with E-state index in [0.717, 1.165) is 42.9 Å². The van der Waals surface area contributed by atoms with Crippen LogP contribution in [-0.4, -0.2) is 50.4 Å². The van der Waals surface area contributed by atoms with Crippen molar-refractivity contribution in [2.45, 2.75) is 55.7 Å². The Balaban J connectivity index is 1.51. The van der Waals surface area contributed by atoms with Crippen LogP contribution in [0.25, 0.3) is 0 Å². The van der Waals surface area contributed by atoms with E-state index in [4.69, 9.17) is 4.74 Å². The average molecular weight is 458 g/mol. The minimum Gasteiger partial charge on any atom is -0.378 e. The molecule has 4 rings (SSSR count). The zero-order valence-electron chi connectivity index (χ0n) is 18.8. The third-order valence-electron chi connectivity index (χ3n) is 6.57. The summed E-state index contributed by atoms with van der Waals surface area (Å²) in [6, 6.07) is 9.25. The molecule has 0 spiro atoms. The highest BCUT2D eigenvalue weighted by atomic mass is 32.2. The number of hydrogen-bond acceptors (Lipinski definition) is 6. The normalized spacial score (nSPS) is 18.5. The topological polar surface area (TPSA) is 88.6 Å². The lowest BCUT2D eigenvalue weighted by Crippen LogP contribution is -2.50. The largest absolute Gasteiger partial charge is 0.378 e. The first kappa shape index (κ1) is 22.7. The molecule has 1 aromatic heterocycles. The minimum absolute atomic E-state index is 0.249. The van der Waals surface area contributed by atoms with Crippen LogP contribution in [0.4, 0.5) is 5.82 Å². The molecule has 1 N–H and O–H groups in total. The van der Waals surface area contributed by atoms with E-state index in [1.165, 1.54) is 0 Å². The minimum atomic E-state index is -3.82. The van der Waals surface area contributed by atoms with Crippen LogP contribution in [0.1, 0.15) is 42.4 Å². The van der Waals surface area contributed by atoms with E-state index in [0.29, 0.717) is 31.6 Å². The first-order chi connectivity index (χ1) is 15.3. The SMILES string of the molecule is Cc1ccc(C)c(S(=O)(=O)C2(C(=O)NCc3ccc(N4CCOCC4)nc3)CCCC2)c1. The molecule has 8 heteroatoms. The molecule has 2 fully saturated rings. The van der Waals surface area contributed by atoms with Gasteiger partial charge in [-0.3, -0.25) is 4.79 Å². The van der Waals surface area contributed by atoms with E-state index >= 15 is 0 Å². The van der Waals surface area contributed by atoms with E-state index in [1.54, 1.807) is 19.2 Å². The van der Waals surface area contributed by atoms with Crippen molar-refractivity contribution in [1.82, 2.24) is 10.3 Å². The quantitative estimate of drug-likeness (QED) is 0.718. The molecule has 0 bridgehead atoms. The maximum absolute atomic E-state index is 13.7. The smallest absolute Gasteiger partial charge is 0.242 e. The molecule has 1 saturated carbocycles. The first-order valence-corrected chi connectivity index (χ1v) is 12.7. The predicted molar refractivity (Wildman–Crippen MR) is 123 cm³/mol. The van der Waals surface area contributed by atoms with Crippen LogP contribution >= 0.6 is 0 Å². The Hall–Kier alpha value is -2.45. The highest BCUT2D eigenvalue weighted by Gasteiger charge is 2.53.